The Morgan fingerprint density at radius 1 is 1.24 bits per heavy atom. The third kappa shape index (κ3) is 2.99. The monoisotopic (exact) mass is 234 g/mol. The van der Waals surface area contributed by atoms with Crippen LogP contribution >= 0.6 is 0 Å². The molecule has 0 atom stereocenters. The molecule has 1 aliphatic carbocycles. The highest BCUT2D eigenvalue weighted by Crippen LogP contribution is 2.28. The number of carboxylic acid groups (broad SMARTS) is 1. The smallest absolute Gasteiger partial charge is 0.339 e. The van der Waals surface area contributed by atoms with E-state index in [9.17, 15) is 9.90 Å². The van der Waals surface area contributed by atoms with Crippen LogP contribution in [0.4, 0.5) is 0 Å². The predicted molar refractivity (Wildman–Crippen MR) is 65.3 cm³/mol. The molecule has 3 nitrogen and oxygen atoms in total. The predicted octanol–water partition coefficient (Wildman–Crippen LogP) is 3.21. The Hall–Kier alpha value is -1.51. The van der Waals surface area contributed by atoms with Crippen LogP contribution in [0.1, 0.15) is 48.0 Å². The Morgan fingerprint density at radius 2 is 1.94 bits per heavy atom. The van der Waals surface area contributed by atoms with Crippen molar-refractivity contribution in [3.8, 4) is 5.75 Å². The van der Waals surface area contributed by atoms with Crippen LogP contribution in [0.3, 0.4) is 0 Å². The molecule has 0 radical (unpaired) electrons. The number of rotatable bonds is 3. The molecule has 0 amide bonds. The van der Waals surface area contributed by atoms with Crippen molar-refractivity contribution in [3.63, 3.8) is 0 Å². The van der Waals surface area contributed by atoms with Crippen molar-refractivity contribution in [3.05, 3.63) is 29.3 Å². The maximum atomic E-state index is 10.8. The van der Waals surface area contributed by atoms with Crippen LogP contribution in [-0.2, 0) is 6.42 Å². The van der Waals surface area contributed by atoms with Crippen LogP contribution in [0, 0.1) is 5.92 Å². The lowest BCUT2D eigenvalue weighted by Gasteiger charge is -2.21. The molecule has 0 unspecified atom stereocenters. The van der Waals surface area contributed by atoms with Gasteiger partial charge in [0, 0.05) is 0 Å². The number of carboxylic acids is 1. The zero-order chi connectivity index (χ0) is 12.3. The largest absolute Gasteiger partial charge is 0.507 e. The highest BCUT2D eigenvalue weighted by molar-refractivity contribution is 5.90. The van der Waals surface area contributed by atoms with E-state index in [2.05, 4.69) is 0 Å². The molecule has 1 fully saturated rings. The molecular weight excluding hydrogens is 216 g/mol. The summed E-state index contributed by atoms with van der Waals surface area (Å²) in [5, 5.41) is 18.4. The summed E-state index contributed by atoms with van der Waals surface area (Å²) in [6, 6.07) is 4.91. The van der Waals surface area contributed by atoms with Crippen LogP contribution < -0.4 is 0 Å². The van der Waals surface area contributed by atoms with Gasteiger partial charge in [-0.3, -0.25) is 0 Å². The Morgan fingerprint density at radius 3 is 2.53 bits per heavy atom. The van der Waals surface area contributed by atoms with E-state index in [0.29, 0.717) is 5.92 Å². The lowest BCUT2D eigenvalue weighted by molar-refractivity contribution is 0.0693. The second-order valence-electron chi connectivity index (χ2n) is 4.86. The molecule has 0 spiro atoms. The quantitative estimate of drug-likeness (QED) is 0.844. The lowest BCUT2D eigenvalue weighted by atomic mass is 9.85. The molecule has 1 aromatic rings. The Labute approximate surface area is 101 Å². The maximum absolute atomic E-state index is 10.8. The number of aromatic carboxylic acids is 1. The zero-order valence-corrected chi connectivity index (χ0v) is 9.85. The third-order valence-electron chi connectivity index (χ3n) is 3.54. The molecule has 0 saturated heterocycles. The summed E-state index contributed by atoms with van der Waals surface area (Å²) >= 11 is 0. The topological polar surface area (TPSA) is 57.5 Å². The van der Waals surface area contributed by atoms with Gasteiger partial charge in [0.05, 0.1) is 0 Å². The average molecular weight is 234 g/mol. The van der Waals surface area contributed by atoms with Gasteiger partial charge in [0.1, 0.15) is 11.3 Å². The molecule has 17 heavy (non-hydrogen) atoms. The molecule has 0 bridgehead atoms. The van der Waals surface area contributed by atoms with E-state index < -0.39 is 5.97 Å². The summed E-state index contributed by atoms with van der Waals surface area (Å²) in [6.45, 7) is 0. The van der Waals surface area contributed by atoms with Crippen LogP contribution in [0.25, 0.3) is 0 Å². The van der Waals surface area contributed by atoms with Gasteiger partial charge in [-0.2, -0.15) is 0 Å². The fraction of sp³-hybridized carbons (Fsp3) is 0.500. The molecule has 0 heterocycles. The van der Waals surface area contributed by atoms with Gasteiger partial charge in [-0.15, -0.1) is 0 Å². The molecule has 2 N–H and O–H groups in total. The van der Waals surface area contributed by atoms with Crippen molar-refractivity contribution in [1.29, 1.82) is 0 Å². The van der Waals surface area contributed by atoms with Crippen LogP contribution in [-0.4, -0.2) is 16.2 Å². The van der Waals surface area contributed by atoms with Crippen LogP contribution in [0.2, 0.25) is 0 Å². The third-order valence-corrected chi connectivity index (χ3v) is 3.54. The van der Waals surface area contributed by atoms with E-state index in [1.807, 2.05) is 6.07 Å². The Balaban J connectivity index is 2.06. The minimum absolute atomic E-state index is 0.0163. The average Bonchev–Trinajstić information content (AvgIpc) is 2.30. The first kappa shape index (κ1) is 12.0. The molecule has 1 aliphatic rings. The normalized spacial score (nSPS) is 16.9. The molecule has 1 saturated carbocycles. The first-order valence-corrected chi connectivity index (χ1v) is 6.22. The molecule has 2 rings (SSSR count). The van der Waals surface area contributed by atoms with E-state index in [4.69, 9.17) is 5.11 Å². The Kier molecular flexibility index (Phi) is 3.67. The van der Waals surface area contributed by atoms with Crippen LogP contribution in [0.5, 0.6) is 5.75 Å². The fourth-order valence-electron chi connectivity index (χ4n) is 2.61. The first-order valence-electron chi connectivity index (χ1n) is 6.22. The van der Waals surface area contributed by atoms with Crippen molar-refractivity contribution in [1.82, 2.24) is 0 Å². The van der Waals surface area contributed by atoms with Crippen molar-refractivity contribution >= 4 is 5.97 Å². The Bertz CT molecular complexity index is 406. The van der Waals surface area contributed by atoms with Gasteiger partial charge in [0.25, 0.3) is 0 Å². The van der Waals surface area contributed by atoms with Crippen LogP contribution in [0.15, 0.2) is 18.2 Å². The van der Waals surface area contributed by atoms with E-state index in [0.717, 1.165) is 12.0 Å². The summed E-state index contributed by atoms with van der Waals surface area (Å²) in [4.78, 5) is 10.8. The minimum atomic E-state index is -1.08. The summed E-state index contributed by atoms with van der Waals surface area (Å²) in [6.07, 6.45) is 7.38. The summed E-state index contributed by atoms with van der Waals surface area (Å²) < 4.78 is 0. The second-order valence-corrected chi connectivity index (χ2v) is 4.86. The van der Waals surface area contributed by atoms with E-state index in [1.165, 1.54) is 38.2 Å². The SMILES string of the molecule is O=C(O)c1ccc(CC2CCCCC2)cc1O. The summed E-state index contributed by atoms with van der Waals surface area (Å²) in [5.74, 6) is -0.503. The zero-order valence-electron chi connectivity index (χ0n) is 9.85. The molecule has 3 heteroatoms. The van der Waals surface area contributed by atoms with Gasteiger partial charge in [0.15, 0.2) is 0 Å². The highest BCUT2D eigenvalue weighted by atomic mass is 16.4. The fourth-order valence-corrected chi connectivity index (χ4v) is 2.61. The van der Waals surface area contributed by atoms with Crippen molar-refractivity contribution in [2.24, 2.45) is 5.92 Å². The minimum Gasteiger partial charge on any atom is -0.507 e. The standard InChI is InChI=1S/C14H18O3/c15-13-9-11(6-7-12(13)14(16)17)8-10-4-2-1-3-5-10/h6-7,9-10,15H,1-5,8H2,(H,16,17). The summed E-state index contributed by atoms with van der Waals surface area (Å²) in [5.41, 5.74) is 1.02. The molecule has 0 aromatic heterocycles. The van der Waals surface area contributed by atoms with Gasteiger partial charge < -0.3 is 10.2 Å². The van der Waals surface area contributed by atoms with Crippen molar-refractivity contribution in [2.75, 3.05) is 0 Å². The first-order chi connectivity index (χ1) is 8.16. The highest BCUT2D eigenvalue weighted by Gasteiger charge is 2.15. The number of phenols is 1. The van der Waals surface area contributed by atoms with Gasteiger partial charge in [-0.25, -0.2) is 4.79 Å². The molecule has 92 valence electrons. The molecule has 1 aromatic carbocycles. The summed E-state index contributed by atoms with van der Waals surface area (Å²) in [7, 11) is 0. The number of carbonyl (C=O) groups is 1. The molecular formula is C14H18O3. The molecule has 0 aliphatic heterocycles. The number of hydrogen-bond acceptors (Lipinski definition) is 2. The van der Waals surface area contributed by atoms with Gasteiger partial charge in [-0.05, 0) is 30.0 Å². The second kappa shape index (κ2) is 5.21. The van der Waals surface area contributed by atoms with Gasteiger partial charge in [-0.1, -0.05) is 38.2 Å². The number of benzene rings is 1. The maximum Gasteiger partial charge on any atom is 0.339 e. The van der Waals surface area contributed by atoms with E-state index in [1.54, 1.807) is 6.07 Å². The van der Waals surface area contributed by atoms with Crippen molar-refractivity contribution < 1.29 is 15.0 Å². The van der Waals surface area contributed by atoms with Gasteiger partial charge >= 0.3 is 5.97 Å². The van der Waals surface area contributed by atoms with E-state index in [-0.39, 0.29) is 11.3 Å². The number of aromatic hydroxyl groups is 1. The number of hydrogen-bond donors (Lipinski definition) is 2. The lowest BCUT2D eigenvalue weighted by Crippen LogP contribution is -2.09. The van der Waals surface area contributed by atoms with Gasteiger partial charge in [0.2, 0.25) is 0 Å². The van der Waals surface area contributed by atoms with Crippen molar-refractivity contribution in [2.45, 2.75) is 38.5 Å². The van der Waals surface area contributed by atoms with E-state index >= 15 is 0 Å².